The Morgan fingerprint density at radius 2 is 1.93 bits per heavy atom. The lowest BCUT2D eigenvalue weighted by Crippen LogP contribution is -2.55. The van der Waals surface area contributed by atoms with Crippen molar-refractivity contribution in [1.82, 2.24) is 4.90 Å². The van der Waals surface area contributed by atoms with Crippen LogP contribution in [0.4, 0.5) is 4.39 Å². The van der Waals surface area contributed by atoms with Crippen molar-refractivity contribution in [2.75, 3.05) is 13.1 Å². The van der Waals surface area contributed by atoms with Crippen LogP contribution in [0.3, 0.4) is 0 Å². The van der Waals surface area contributed by atoms with Gasteiger partial charge in [0.15, 0.2) is 0 Å². The molecule has 0 bridgehead atoms. The molecule has 0 amide bonds. The second-order valence-electron chi connectivity index (χ2n) is 7.83. The predicted molar refractivity (Wildman–Crippen MR) is 106 cm³/mol. The molecule has 1 aliphatic carbocycles. The van der Waals surface area contributed by atoms with E-state index in [2.05, 4.69) is 29.0 Å². The van der Waals surface area contributed by atoms with E-state index in [9.17, 15) is 4.39 Å². The molecular weight excluding hydrogens is 337 g/mol. The number of piperidine rings is 1. The fourth-order valence-electron chi connectivity index (χ4n) is 4.65. The number of nitrogens with zero attached hydrogens (tertiary/aromatic N) is 1. The maximum atomic E-state index is 13.0. The largest absolute Gasteiger partial charge is 0.489 e. The summed E-state index contributed by atoms with van der Waals surface area (Å²) in [6, 6.07) is 12.9. The molecule has 4 rings (SSSR count). The van der Waals surface area contributed by atoms with E-state index in [1.165, 1.54) is 48.9 Å². The number of hydrogen-bond donors (Lipinski definition) is 0. The molecule has 2 aromatic rings. The first kappa shape index (κ1) is 18.1. The molecule has 0 N–H and O–H groups in total. The number of halogens is 1. The van der Waals surface area contributed by atoms with Crippen LogP contribution < -0.4 is 4.74 Å². The minimum absolute atomic E-state index is 0.219. The van der Waals surface area contributed by atoms with Crippen molar-refractivity contribution < 1.29 is 9.13 Å². The number of likely N-dealkylation sites (tertiary alicyclic amines) is 1. The summed E-state index contributed by atoms with van der Waals surface area (Å²) in [7, 11) is 0. The van der Waals surface area contributed by atoms with Crippen molar-refractivity contribution in [2.45, 2.75) is 50.7 Å². The smallest absolute Gasteiger partial charge is 0.123 e. The Bertz CT molecular complexity index is 838. The number of aryl methyl sites for hydroxylation is 1. The highest BCUT2D eigenvalue weighted by atomic mass is 19.1. The summed E-state index contributed by atoms with van der Waals surface area (Å²) in [6.45, 7) is 2.34. The van der Waals surface area contributed by atoms with E-state index in [0.29, 0.717) is 6.61 Å². The van der Waals surface area contributed by atoms with Gasteiger partial charge < -0.3 is 4.74 Å². The van der Waals surface area contributed by atoms with Gasteiger partial charge in [0.2, 0.25) is 0 Å². The lowest BCUT2D eigenvalue weighted by molar-refractivity contribution is 0.0467. The highest BCUT2D eigenvalue weighted by molar-refractivity contribution is 5.39. The SMILES string of the molecule is C#CCN1CCCCC12CCc1cc(OCc3ccc(F)cc3)ccc1C2. The summed E-state index contributed by atoms with van der Waals surface area (Å²) < 4.78 is 18.9. The summed E-state index contributed by atoms with van der Waals surface area (Å²) in [4.78, 5) is 2.54. The molecule has 0 aromatic heterocycles. The highest BCUT2D eigenvalue weighted by Crippen LogP contribution is 2.40. The molecule has 140 valence electrons. The molecular formula is C24H26FNO. The summed E-state index contributed by atoms with van der Waals surface area (Å²) in [5.74, 6) is 3.53. The molecule has 2 aliphatic rings. The van der Waals surface area contributed by atoms with Gasteiger partial charge in [-0.3, -0.25) is 4.90 Å². The number of fused-ring (bicyclic) bond motifs is 1. The normalized spacial score (nSPS) is 22.2. The number of hydrogen-bond acceptors (Lipinski definition) is 2. The van der Waals surface area contributed by atoms with Crippen LogP contribution in [0.1, 0.15) is 42.4 Å². The van der Waals surface area contributed by atoms with E-state index >= 15 is 0 Å². The highest BCUT2D eigenvalue weighted by Gasteiger charge is 2.40. The Morgan fingerprint density at radius 1 is 1.07 bits per heavy atom. The molecule has 3 heteroatoms. The van der Waals surface area contributed by atoms with Gasteiger partial charge in [0.1, 0.15) is 18.2 Å². The number of rotatable bonds is 4. The zero-order valence-corrected chi connectivity index (χ0v) is 15.7. The molecule has 0 radical (unpaired) electrons. The zero-order chi connectivity index (χ0) is 18.7. The van der Waals surface area contributed by atoms with E-state index in [4.69, 9.17) is 11.2 Å². The number of benzene rings is 2. The van der Waals surface area contributed by atoms with Crippen LogP contribution in [0.25, 0.3) is 0 Å². The average Bonchev–Trinajstić information content (AvgIpc) is 2.70. The maximum Gasteiger partial charge on any atom is 0.123 e. The summed E-state index contributed by atoms with van der Waals surface area (Å²) in [5, 5.41) is 0. The molecule has 0 saturated carbocycles. The molecule has 2 nitrogen and oxygen atoms in total. The van der Waals surface area contributed by atoms with Crippen LogP contribution in [0.5, 0.6) is 5.75 Å². The third-order valence-electron chi connectivity index (χ3n) is 6.15. The Morgan fingerprint density at radius 3 is 2.74 bits per heavy atom. The molecule has 2 aromatic carbocycles. The molecule has 27 heavy (non-hydrogen) atoms. The van der Waals surface area contributed by atoms with E-state index in [-0.39, 0.29) is 11.4 Å². The standard InChI is InChI=1S/C24H26FNO/c1-2-14-26-15-4-3-12-24(26)13-11-20-16-23(10-7-21(20)17-24)27-18-19-5-8-22(25)9-6-19/h1,5-10,16H,3-4,11-15,17-18H2. The van der Waals surface area contributed by atoms with Gasteiger partial charge in [-0.15, -0.1) is 6.42 Å². The third kappa shape index (κ3) is 3.87. The zero-order valence-electron chi connectivity index (χ0n) is 15.7. The van der Waals surface area contributed by atoms with Gasteiger partial charge in [-0.2, -0.15) is 0 Å². The topological polar surface area (TPSA) is 12.5 Å². The minimum Gasteiger partial charge on any atom is -0.489 e. The van der Waals surface area contributed by atoms with E-state index in [0.717, 1.165) is 37.2 Å². The quantitative estimate of drug-likeness (QED) is 0.727. The minimum atomic E-state index is -0.219. The maximum absolute atomic E-state index is 13.0. The van der Waals surface area contributed by atoms with Crippen LogP contribution in [0, 0.1) is 18.2 Å². The van der Waals surface area contributed by atoms with Crippen molar-refractivity contribution >= 4 is 0 Å². The van der Waals surface area contributed by atoms with Crippen LogP contribution in [0.15, 0.2) is 42.5 Å². The first-order valence-corrected chi connectivity index (χ1v) is 9.86. The van der Waals surface area contributed by atoms with Gasteiger partial charge in [-0.1, -0.05) is 30.5 Å². The van der Waals surface area contributed by atoms with E-state index < -0.39 is 0 Å². The van der Waals surface area contributed by atoms with Crippen LogP contribution in [-0.2, 0) is 19.4 Å². The lowest BCUT2D eigenvalue weighted by atomic mass is 9.72. The Balaban J connectivity index is 1.46. The average molecular weight is 363 g/mol. The van der Waals surface area contributed by atoms with E-state index in [1.54, 1.807) is 12.1 Å². The van der Waals surface area contributed by atoms with Gasteiger partial charge >= 0.3 is 0 Å². The molecule has 1 unspecified atom stereocenters. The van der Waals surface area contributed by atoms with Crippen molar-refractivity contribution in [3.8, 4) is 18.1 Å². The Hall–Kier alpha value is -2.31. The predicted octanol–water partition coefficient (Wildman–Crippen LogP) is 4.75. The molecule has 1 spiro atoms. The van der Waals surface area contributed by atoms with Crippen LogP contribution >= 0.6 is 0 Å². The fourth-order valence-corrected chi connectivity index (χ4v) is 4.65. The Labute approximate surface area is 161 Å². The molecule has 1 atom stereocenters. The van der Waals surface area contributed by atoms with Crippen LogP contribution in [0.2, 0.25) is 0 Å². The van der Waals surface area contributed by atoms with Gasteiger partial charge in [0.05, 0.1) is 6.54 Å². The van der Waals surface area contributed by atoms with Crippen LogP contribution in [-0.4, -0.2) is 23.5 Å². The van der Waals surface area contributed by atoms with Crippen molar-refractivity contribution in [3.63, 3.8) is 0 Å². The van der Waals surface area contributed by atoms with Gasteiger partial charge in [-0.05, 0) is 79.6 Å². The first-order chi connectivity index (χ1) is 13.2. The molecule has 1 aliphatic heterocycles. The monoisotopic (exact) mass is 363 g/mol. The number of terminal acetylenes is 1. The second kappa shape index (κ2) is 7.74. The fraction of sp³-hybridized carbons (Fsp3) is 0.417. The van der Waals surface area contributed by atoms with Crippen molar-refractivity contribution in [2.24, 2.45) is 0 Å². The number of ether oxygens (including phenoxy) is 1. The molecule has 1 heterocycles. The summed E-state index contributed by atoms with van der Waals surface area (Å²) in [5.41, 5.74) is 4.04. The third-order valence-corrected chi connectivity index (χ3v) is 6.15. The van der Waals surface area contributed by atoms with Gasteiger partial charge in [0.25, 0.3) is 0 Å². The van der Waals surface area contributed by atoms with Gasteiger partial charge in [0, 0.05) is 5.54 Å². The van der Waals surface area contributed by atoms with Crippen molar-refractivity contribution in [1.29, 1.82) is 0 Å². The molecule has 1 fully saturated rings. The van der Waals surface area contributed by atoms with E-state index in [1.807, 2.05) is 0 Å². The Kier molecular flexibility index (Phi) is 5.18. The summed E-state index contributed by atoms with van der Waals surface area (Å²) in [6.07, 6.45) is 12.8. The van der Waals surface area contributed by atoms with Gasteiger partial charge in [-0.25, -0.2) is 4.39 Å². The van der Waals surface area contributed by atoms with Crippen molar-refractivity contribution in [3.05, 3.63) is 65.0 Å². The second-order valence-corrected chi connectivity index (χ2v) is 7.83. The lowest BCUT2D eigenvalue weighted by Gasteiger charge is -2.49. The first-order valence-electron chi connectivity index (χ1n) is 9.86. The summed E-state index contributed by atoms with van der Waals surface area (Å²) >= 11 is 0. The molecule has 1 saturated heterocycles.